The fraction of sp³-hybridized carbons (Fsp3) is 0.238. The third kappa shape index (κ3) is 3.79. The summed E-state index contributed by atoms with van der Waals surface area (Å²) in [5.41, 5.74) is 3.47. The highest BCUT2D eigenvalue weighted by atomic mass is 35.5. The molecule has 4 rings (SSSR count). The van der Waals surface area contributed by atoms with Crippen molar-refractivity contribution in [1.29, 1.82) is 0 Å². The maximum atomic E-state index is 9.66. The minimum Gasteiger partial charge on any atom is -0.394 e. The van der Waals surface area contributed by atoms with Crippen molar-refractivity contribution in [2.24, 2.45) is 0 Å². The van der Waals surface area contributed by atoms with Gasteiger partial charge in [0.05, 0.1) is 30.2 Å². The first-order chi connectivity index (χ1) is 13.2. The maximum Gasteiger partial charge on any atom is 0.148 e. The van der Waals surface area contributed by atoms with Gasteiger partial charge in [-0.3, -0.25) is 4.98 Å². The topological polar surface area (TPSA) is 49.2 Å². The van der Waals surface area contributed by atoms with E-state index in [0.717, 1.165) is 47.7 Å². The van der Waals surface area contributed by atoms with E-state index in [2.05, 4.69) is 4.90 Å². The molecule has 0 bridgehead atoms. The molecule has 2 aromatic carbocycles. The second-order valence-electron chi connectivity index (χ2n) is 6.61. The van der Waals surface area contributed by atoms with Crippen LogP contribution in [0.1, 0.15) is 12.8 Å². The predicted molar refractivity (Wildman–Crippen MR) is 110 cm³/mol. The predicted octanol–water partition coefficient (Wildman–Crippen LogP) is 5.08. The summed E-state index contributed by atoms with van der Waals surface area (Å²) in [7, 11) is 0. The Balaban J connectivity index is 1.83. The van der Waals surface area contributed by atoms with Crippen molar-refractivity contribution in [3.05, 3.63) is 64.8 Å². The highest BCUT2D eigenvalue weighted by Crippen LogP contribution is 2.33. The molecule has 1 fully saturated rings. The minimum absolute atomic E-state index is 0.0961. The van der Waals surface area contributed by atoms with Crippen LogP contribution in [0.5, 0.6) is 0 Å². The van der Waals surface area contributed by atoms with Gasteiger partial charge in [-0.1, -0.05) is 47.5 Å². The number of aliphatic hydroxyl groups excluding tert-OH is 1. The molecule has 0 unspecified atom stereocenters. The summed E-state index contributed by atoms with van der Waals surface area (Å²) >= 11 is 12.1. The van der Waals surface area contributed by atoms with Gasteiger partial charge in [0.25, 0.3) is 0 Å². The van der Waals surface area contributed by atoms with Gasteiger partial charge in [0, 0.05) is 27.7 Å². The quantitative estimate of drug-likeness (QED) is 0.664. The zero-order valence-electron chi connectivity index (χ0n) is 14.6. The molecule has 27 heavy (non-hydrogen) atoms. The molecule has 1 aliphatic rings. The van der Waals surface area contributed by atoms with E-state index in [4.69, 9.17) is 33.2 Å². The van der Waals surface area contributed by atoms with Gasteiger partial charge in [-0.2, -0.15) is 0 Å². The van der Waals surface area contributed by atoms with Gasteiger partial charge in [0.15, 0.2) is 0 Å². The first-order valence-electron chi connectivity index (χ1n) is 8.92. The van der Waals surface area contributed by atoms with Crippen molar-refractivity contribution in [3.8, 4) is 22.5 Å². The van der Waals surface area contributed by atoms with Gasteiger partial charge in [-0.05, 0) is 37.1 Å². The lowest BCUT2D eigenvalue weighted by molar-refractivity contribution is 0.266. The van der Waals surface area contributed by atoms with E-state index >= 15 is 0 Å². The van der Waals surface area contributed by atoms with Crippen LogP contribution in [0.4, 0.5) is 5.82 Å². The van der Waals surface area contributed by atoms with Crippen LogP contribution in [0.25, 0.3) is 22.5 Å². The lowest BCUT2D eigenvalue weighted by atomic mass is 10.0. The third-order valence-electron chi connectivity index (χ3n) is 4.88. The molecule has 1 aliphatic heterocycles. The molecule has 0 saturated carbocycles. The van der Waals surface area contributed by atoms with E-state index in [1.54, 1.807) is 6.20 Å². The summed E-state index contributed by atoms with van der Waals surface area (Å²) in [5, 5.41) is 11.0. The lowest BCUT2D eigenvalue weighted by Gasteiger charge is -2.24. The van der Waals surface area contributed by atoms with Crippen LogP contribution < -0.4 is 4.90 Å². The Labute approximate surface area is 168 Å². The van der Waals surface area contributed by atoms with E-state index in [9.17, 15) is 5.11 Å². The third-order valence-corrected chi connectivity index (χ3v) is 5.38. The number of aromatic nitrogens is 2. The van der Waals surface area contributed by atoms with Gasteiger partial charge >= 0.3 is 0 Å². The molecule has 1 saturated heterocycles. The summed E-state index contributed by atoms with van der Waals surface area (Å²) in [5.74, 6) is 0.786. The fourth-order valence-electron chi connectivity index (χ4n) is 3.47. The highest BCUT2D eigenvalue weighted by molar-refractivity contribution is 6.31. The SMILES string of the molecule is OC[C@@H]1CCCN1c1cnc(-c2ccc(Cl)cc2)c(-c2ccc(Cl)cc2)n1. The molecular weight excluding hydrogens is 381 g/mol. The minimum atomic E-state index is 0.0961. The maximum absolute atomic E-state index is 9.66. The number of nitrogens with zero attached hydrogens (tertiary/aromatic N) is 3. The zero-order valence-corrected chi connectivity index (χ0v) is 16.2. The molecule has 0 spiro atoms. The van der Waals surface area contributed by atoms with Crippen molar-refractivity contribution in [1.82, 2.24) is 9.97 Å². The molecule has 0 amide bonds. The fourth-order valence-corrected chi connectivity index (χ4v) is 3.73. The Bertz CT molecular complexity index is 929. The first kappa shape index (κ1) is 18.2. The van der Waals surface area contributed by atoms with E-state index in [1.165, 1.54) is 0 Å². The Morgan fingerprint density at radius 3 is 2.11 bits per heavy atom. The summed E-state index contributed by atoms with van der Waals surface area (Å²) in [4.78, 5) is 11.8. The number of hydrogen-bond acceptors (Lipinski definition) is 4. The molecule has 0 aliphatic carbocycles. The molecule has 2 heterocycles. The standard InChI is InChI=1S/C21H19Cl2N3O/c22-16-7-3-14(4-8-16)20-21(15-5-9-17(23)10-6-15)25-19(12-24-20)26-11-1-2-18(26)13-27/h3-10,12,18,27H,1-2,11,13H2/t18-/m0/s1. The lowest BCUT2D eigenvalue weighted by Crippen LogP contribution is -2.32. The Morgan fingerprint density at radius 2 is 1.52 bits per heavy atom. The van der Waals surface area contributed by atoms with Crippen molar-refractivity contribution in [2.75, 3.05) is 18.1 Å². The molecule has 138 valence electrons. The van der Waals surface area contributed by atoms with E-state index in [0.29, 0.717) is 10.0 Å². The smallest absolute Gasteiger partial charge is 0.148 e. The second-order valence-corrected chi connectivity index (χ2v) is 7.48. The van der Waals surface area contributed by atoms with Crippen LogP contribution in [0.3, 0.4) is 0 Å². The van der Waals surface area contributed by atoms with Crippen molar-refractivity contribution in [3.63, 3.8) is 0 Å². The number of hydrogen-bond donors (Lipinski definition) is 1. The van der Waals surface area contributed by atoms with Crippen LogP contribution in [-0.4, -0.2) is 34.3 Å². The summed E-state index contributed by atoms with van der Waals surface area (Å²) in [6.07, 6.45) is 3.80. The van der Waals surface area contributed by atoms with E-state index < -0.39 is 0 Å². The first-order valence-corrected chi connectivity index (χ1v) is 9.68. The van der Waals surface area contributed by atoms with Crippen LogP contribution in [0.15, 0.2) is 54.7 Å². The van der Waals surface area contributed by atoms with Gasteiger partial charge in [-0.15, -0.1) is 0 Å². The van der Waals surface area contributed by atoms with Crippen LogP contribution >= 0.6 is 23.2 Å². The number of anilines is 1. The highest BCUT2D eigenvalue weighted by Gasteiger charge is 2.26. The summed E-state index contributed by atoms with van der Waals surface area (Å²) < 4.78 is 0. The second kappa shape index (κ2) is 7.85. The van der Waals surface area contributed by atoms with Crippen molar-refractivity contribution in [2.45, 2.75) is 18.9 Å². The number of benzene rings is 2. The van der Waals surface area contributed by atoms with Crippen LogP contribution in [0.2, 0.25) is 10.0 Å². The van der Waals surface area contributed by atoms with Crippen molar-refractivity contribution < 1.29 is 5.11 Å². The summed E-state index contributed by atoms with van der Waals surface area (Å²) in [6, 6.07) is 15.3. The van der Waals surface area contributed by atoms with Crippen molar-refractivity contribution >= 4 is 29.0 Å². The van der Waals surface area contributed by atoms with Gasteiger partial charge < -0.3 is 10.0 Å². The Morgan fingerprint density at radius 1 is 0.926 bits per heavy atom. The largest absolute Gasteiger partial charge is 0.394 e. The van der Waals surface area contributed by atoms with Crippen LogP contribution in [0, 0.1) is 0 Å². The zero-order chi connectivity index (χ0) is 18.8. The van der Waals surface area contributed by atoms with Crippen LogP contribution in [-0.2, 0) is 0 Å². The molecule has 4 nitrogen and oxygen atoms in total. The normalized spacial score (nSPS) is 16.7. The number of aliphatic hydroxyl groups is 1. The number of rotatable bonds is 4. The average Bonchev–Trinajstić information content (AvgIpc) is 3.18. The molecule has 1 aromatic heterocycles. The molecular formula is C21H19Cl2N3O. The molecule has 6 heteroatoms. The summed E-state index contributed by atoms with van der Waals surface area (Å²) in [6.45, 7) is 0.997. The molecule has 0 radical (unpaired) electrons. The number of halogens is 2. The van der Waals surface area contributed by atoms with Gasteiger partial charge in [0.1, 0.15) is 5.82 Å². The van der Waals surface area contributed by atoms with Gasteiger partial charge in [0.2, 0.25) is 0 Å². The Kier molecular flexibility index (Phi) is 5.30. The van der Waals surface area contributed by atoms with E-state index in [-0.39, 0.29) is 12.6 Å². The monoisotopic (exact) mass is 399 g/mol. The van der Waals surface area contributed by atoms with Gasteiger partial charge in [-0.25, -0.2) is 4.98 Å². The molecule has 1 N–H and O–H groups in total. The Hall–Kier alpha value is -2.14. The average molecular weight is 400 g/mol. The molecule has 1 atom stereocenters. The molecule has 3 aromatic rings. The van der Waals surface area contributed by atoms with E-state index in [1.807, 2.05) is 48.5 Å².